The van der Waals surface area contributed by atoms with Crippen LogP contribution in [-0.2, 0) is 13.1 Å². The Bertz CT molecular complexity index is 832. The number of nitrogens with one attached hydrogen (secondary N) is 2. The van der Waals surface area contributed by atoms with Crippen LogP contribution in [0.1, 0.15) is 18.1 Å². The zero-order chi connectivity index (χ0) is 21.2. The van der Waals surface area contributed by atoms with Crippen molar-refractivity contribution in [1.29, 1.82) is 0 Å². The van der Waals surface area contributed by atoms with Crippen LogP contribution in [0.3, 0.4) is 0 Å². The van der Waals surface area contributed by atoms with Crippen molar-refractivity contribution in [2.45, 2.75) is 26.6 Å². The molecule has 2 rings (SSSR count). The monoisotopic (exact) mass is 411 g/mol. The lowest BCUT2D eigenvalue weighted by molar-refractivity contribution is -0.0504. The molecule has 6 nitrogen and oxygen atoms in total. The smallest absolute Gasteiger partial charge is 0.387 e. The summed E-state index contributed by atoms with van der Waals surface area (Å²) in [6.45, 7) is -0.0757. The number of rotatable bonds is 9. The average Bonchev–Trinajstić information content (AvgIpc) is 2.70. The number of guanidine groups is 1. The lowest BCUT2D eigenvalue weighted by Gasteiger charge is -2.15. The molecular formula is C20H24F3N3O3. The fraction of sp³-hybridized carbons (Fsp3) is 0.350. The van der Waals surface area contributed by atoms with Gasteiger partial charge < -0.3 is 24.8 Å². The van der Waals surface area contributed by atoms with Crippen LogP contribution in [-0.4, -0.2) is 33.3 Å². The second kappa shape index (κ2) is 11.0. The van der Waals surface area contributed by atoms with Gasteiger partial charge in [0.15, 0.2) is 17.5 Å². The van der Waals surface area contributed by atoms with Crippen molar-refractivity contribution < 1.29 is 27.4 Å². The summed E-state index contributed by atoms with van der Waals surface area (Å²) in [5.74, 6) is 0.686. The molecule has 0 aromatic heterocycles. The average molecular weight is 411 g/mol. The molecule has 9 heteroatoms. The Morgan fingerprint density at radius 1 is 1.03 bits per heavy atom. The summed E-state index contributed by atoms with van der Waals surface area (Å²) in [4.78, 5) is 4.40. The quantitative estimate of drug-likeness (QED) is 0.487. The van der Waals surface area contributed by atoms with Crippen LogP contribution < -0.4 is 24.8 Å². The van der Waals surface area contributed by atoms with Gasteiger partial charge in [-0.1, -0.05) is 6.07 Å². The maximum Gasteiger partial charge on any atom is 0.387 e. The van der Waals surface area contributed by atoms with E-state index in [-0.39, 0.29) is 24.6 Å². The van der Waals surface area contributed by atoms with Crippen LogP contribution in [0.15, 0.2) is 41.4 Å². The van der Waals surface area contributed by atoms with Crippen LogP contribution >= 0.6 is 0 Å². The molecule has 0 amide bonds. The molecule has 0 bridgehead atoms. The lowest BCUT2D eigenvalue weighted by Crippen LogP contribution is -2.36. The summed E-state index contributed by atoms with van der Waals surface area (Å²) in [6, 6.07) is 9.16. The number of aliphatic imine (C=N–C) groups is 1. The van der Waals surface area contributed by atoms with E-state index >= 15 is 0 Å². The Hall–Kier alpha value is -3.10. The Balaban J connectivity index is 2.12. The number of ether oxygens (including phenoxy) is 3. The van der Waals surface area contributed by atoms with E-state index in [4.69, 9.17) is 9.47 Å². The summed E-state index contributed by atoms with van der Waals surface area (Å²) in [7, 11) is 2.88. The highest BCUT2D eigenvalue weighted by Gasteiger charge is 2.12. The minimum Gasteiger partial charge on any atom is -0.497 e. The second-order valence-corrected chi connectivity index (χ2v) is 5.87. The predicted octanol–water partition coefficient (Wildman–Crippen LogP) is 3.70. The van der Waals surface area contributed by atoms with Crippen molar-refractivity contribution in [3.05, 3.63) is 53.3 Å². The molecule has 2 aromatic carbocycles. The number of hydrogen-bond acceptors (Lipinski definition) is 4. The van der Waals surface area contributed by atoms with Crippen LogP contribution in [0.25, 0.3) is 0 Å². The van der Waals surface area contributed by atoms with E-state index in [0.29, 0.717) is 29.4 Å². The fourth-order valence-electron chi connectivity index (χ4n) is 2.53. The number of halogens is 3. The molecule has 0 aliphatic heterocycles. The van der Waals surface area contributed by atoms with Gasteiger partial charge >= 0.3 is 6.61 Å². The molecule has 0 fully saturated rings. The van der Waals surface area contributed by atoms with Gasteiger partial charge in [0.2, 0.25) is 0 Å². The molecule has 0 saturated carbocycles. The summed E-state index contributed by atoms with van der Waals surface area (Å²) < 4.78 is 53.7. The molecule has 0 spiro atoms. The van der Waals surface area contributed by atoms with Gasteiger partial charge in [0.05, 0.1) is 20.8 Å². The first kappa shape index (κ1) is 22.2. The van der Waals surface area contributed by atoms with E-state index in [9.17, 15) is 13.2 Å². The van der Waals surface area contributed by atoms with Crippen molar-refractivity contribution >= 4 is 5.96 Å². The molecule has 0 aliphatic rings. The first-order chi connectivity index (χ1) is 14.0. The van der Waals surface area contributed by atoms with E-state index in [1.54, 1.807) is 18.2 Å². The van der Waals surface area contributed by atoms with Gasteiger partial charge in [-0.2, -0.15) is 8.78 Å². The minimum absolute atomic E-state index is 0.0429. The van der Waals surface area contributed by atoms with Gasteiger partial charge in [-0.3, -0.25) is 0 Å². The zero-order valence-electron chi connectivity index (χ0n) is 16.5. The maximum absolute atomic E-state index is 13.8. The van der Waals surface area contributed by atoms with Gasteiger partial charge in [0.25, 0.3) is 0 Å². The van der Waals surface area contributed by atoms with Crippen molar-refractivity contribution in [1.82, 2.24) is 10.6 Å². The molecule has 0 heterocycles. The molecule has 0 atom stereocenters. The van der Waals surface area contributed by atoms with E-state index < -0.39 is 12.4 Å². The van der Waals surface area contributed by atoms with E-state index in [1.807, 2.05) is 6.92 Å². The van der Waals surface area contributed by atoms with Gasteiger partial charge in [-0.05, 0) is 42.8 Å². The number of benzene rings is 2. The Morgan fingerprint density at radius 2 is 1.79 bits per heavy atom. The normalized spacial score (nSPS) is 11.3. The van der Waals surface area contributed by atoms with E-state index in [1.165, 1.54) is 32.4 Å². The van der Waals surface area contributed by atoms with Crippen molar-refractivity contribution in [2.24, 2.45) is 4.99 Å². The molecule has 0 saturated heterocycles. The molecule has 0 aliphatic carbocycles. The standard InChI is InChI=1S/C20H24F3N3O3/c1-4-24-20(25-11-13-5-7-18(28-3)16(21)9-13)26-12-14-10-15(27-2)6-8-17(14)29-19(22)23/h5-10,19H,4,11-12H2,1-3H3,(H2,24,25,26). The number of alkyl halides is 2. The van der Waals surface area contributed by atoms with Crippen LogP contribution in [0.2, 0.25) is 0 Å². The highest BCUT2D eigenvalue weighted by molar-refractivity contribution is 5.79. The molecular weight excluding hydrogens is 387 g/mol. The highest BCUT2D eigenvalue weighted by Crippen LogP contribution is 2.25. The van der Waals surface area contributed by atoms with Gasteiger partial charge in [-0.25, -0.2) is 9.38 Å². The maximum atomic E-state index is 13.8. The lowest BCUT2D eigenvalue weighted by atomic mass is 10.2. The molecule has 0 radical (unpaired) electrons. The van der Waals surface area contributed by atoms with Crippen molar-refractivity contribution in [3.63, 3.8) is 0 Å². The SMILES string of the molecule is CCNC(=NCc1ccc(OC)c(F)c1)NCc1cc(OC)ccc1OC(F)F. The first-order valence-corrected chi connectivity index (χ1v) is 8.93. The number of methoxy groups -OCH3 is 2. The molecule has 2 aromatic rings. The Kier molecular flexibility index (Phi) is 8.45. The van der Waals surface area contributed by atoms with Crippen LogP contribution in [0.5, 0.6) is 17.2 Å². The Morgan fingerprint density at radius 3 is 2.41 bits per heavy atom. The fourth-order valence-corrected chi connectivity index (χ4v) is 2.53. The number of nitrogens with zero attached hydrogens (tertiary/aromatic N) is 1. The van der Waals surface area contributed by atoms with E-state index in [0.717, 1.165) is 0 Å². The summed E-state index contributed by atoms with van der Waals surface area (Å²) in [5, 5.41) is 6.10. The van der Waals surface area contributed by atoms with E-state index in [2.05, 4.69) is 20.4 Å². The first-order valence-electron chi connectivity index (χ1n) is 8.93. The third kappa shape index (κ3) is 6.78. The minimum atomic E-state index is -2.94. The summed E-state index contributed by atoms with van der Waals surface area (Å²) in [5.41, 5.74) is 1.13. The third-order valence-corrected chi connectivity index (χ3v) is 3.91. The van der Waals surface area contributed by atoms with Crippen molar-refractivity contribution in [3.8, 4) is 17.2 Å². The summed E-state index contributed by atoms with van der Waals surface area (Å²) >= 11 is 0. The zero-order valence-corrected chi connectivity index (χ0v) is 16.5. The van der Waals surface area contributed by atoms with Crippen LogP contribution in [0, 0.1) is 5.82 Å². The molecule has 158 valence electrons. The Labute approximate surface area is 167 Å². The molecule has 2 N–H and O–H groups in total. The van der Waals surface area contributed by atoms with Gasteiger partial charge in [0.1, 0.15) is 11.5 Å². The highest BCUT2D eigenvalue weighted by atomic mass is 19.3. The summed E-state index contributed by atoms with van der Waals surface area (Å²) in [6.07, 6.45) is 0. The van der Waals surface area contributed by atoms with Crippen molar-refractivity contribution in [2.75, 3.05) is 20.8 Å². The van der Waals surface area contributed by atoms with Gasteiger partial charge in [-0.15, -0.1) is 0 Å². The topological polar surface area (TPSA) is 64.1 Å². The third-order valence-electron chi connectivity index (χ3n) is 3.91. The van der Waals surface area contributed by atoms with Crippen LogP contribution in [0.4, 0.5) is 13.2 Å². The van der Waals surface area contributed by atoms with Gasteiger partial charge in [0, 0.05) is 18.7 Å². The largest absolute Gasteiger partial charge is 0.497 e. The predicted molar refractivity (Wildman–Crippen MR) is 104 cm³/mol. The number of hydrogen-bond donors (Lipinski definition) is 2. The second-order valence-electron chi connectivity index (χ2n) is 5.87. The molecule has 29 heavy (non-hydrogen) atoms. The molecule has 0 unspecified atom stereocenters.